The number of ether oxygens (including phenoxy) is 1. The minimum Gasteiger partial charge on any atom is -0.468 e. The van der Waals surface area contributed by atoms with Crippen LogP contribution in [0.5, 0.6) is 0 Å². The zero-order valence-electron chi connectivity index (χ0n) is 28.7. The van der Waals surface area contributed by atoms with E-state index in [0.717, 1.165) is 31.2 Å². The van der Waals surface area contributed by atoms with Gasteiger partial charge in [-0.1, -0.05) is 12.1 Å². The van der Waals surface area contributed by atoms with Gasteiger partial charge in [-0.05, 0) is 94.2 Å². The highest BCUT2D eigenvalue weighted by molar-refractivity contribution is 5.87. The second-order valence-corrected chi connectivity index (χ2v) is 13.2. The zero-order chi connectivity index (χ0) is 36.1. The number of nitriles is 1. The lowest BCUT2D eigenvalue weighted by molar-refractivity contribution is -0.145. The molecular formula is C36H48F3N7O4. The Kier molecular flexibility index (Phi) is 14.4. The van der Waals surface area contributed by atoms with Gasteiger partial charge < -0.3 is 25.6 Å². The summed E-state index contributed by atoms with van der Waals surface area (Å²) in [6.07, 6.45) is 3.50. The number of hydrogen-bond acceptors (Lipinski definition) is 10. The van der Waals surface area contributed by atoms with Gasteiger partial charge in [-0.3, -0.25) is 14.4 Å². The SMILES string of the molecule is COC(=O)[C@@H](N)CCCCNC(=O)CCCC1CCN(c2cc(N3CCC[C@H]3C(=O)CCCc3ccc(C#N)cc3)nc(C(F)(F)F)n2)CC1. The number of nitrogens with two attached hydrogens (primary N) is 1. The van der Waals surface area contributed by atoms with Crippen molar-refractivity contribution in [1.82, 2.24) is 15.3 Å². The van der Waals surface area contributed by atoms with Crippen LogP contribution in [0, 0.1) is 17.2 Å². The van der Waals surface area contributed by atoms with Gasteiger partial charge in [0.05, 0.1) is 24.8 Å². The van der Waals surface area contributed by atoms with E-state index in [-0.39, 0.29) is 23.3 Å². The number of esters is 1. The first-order valence-corrected chi connectivity index (χ1v) is 17.6. The Balaban J connectivity index is 1.25. The number of alkyl halides is 3. The molecule has 11 nitrogen and oxygen atoms in total. The van der Waals surface area contributed by atoms with Crippen molar-refractivity contribution in [2.75, 3.05) is 43.1 Å². The molecule has 0 unspecified atom stereocenters. The number of carbonyl (C=O) groups excluding carboxylic acids is 3. The molecule has 1 amide bonds. The van der Waals surface area contributed by atoms with Crippen molar-refractivity contribution in [2.45, 2.75) is 102 Å². The number of anilines is 2. The fourth-order valence-corrected chi connectivity index (χ4v) is 6.69. The van der Waals surface area contributed by atoms with Gasteiger partial charge in [0.1, 0.15) is 17.7 Å². The van der Waals surface area contributed by atoms with E-state index in [9.17, 15) is 27.6 Å². The maximum Gasteiger partial charge on any atom is 0.451 e. The summed E-state index contributed by atoms with van der Waals surface area (Å²) in [6.45, 7) is 2.03. The Labute approximate surface area is 291 Å². The lowest BCUT2D eigenvalue weighted by atomic mass is 9.91. The van der Waals surface area contributed by atoms with Crippen LogP contribution in [0.3, 0.4) is 0 Å². The van der Waals surface area contributed by atoms with Gasteiger partial charge in [0.15, 0.2) is 5.78 Å². The highest BCUT2D eigenvalue weighted by Crippen LogP contribution is 2.34. The number of nitrogens with one attached hydrogen (secondary N) is 1. The number of hydrogen-bond donors (Lipinski definition) is 2. The van der Waals surface area contributed by atoms with E-state index in [1.807, 2.05) is 17.0 Å². The van der Waals surface area contributed by atoms with E-state index in [0.29, 0.717) is 95.4 Å². The van der Waals surface area contributed by atoms with Crippen LogP contribution >= 0.6 is 0 Å². The second kappa shape index (κ2) is 18.7. The fourth-order valence-electron chi connectivity index (χ4n) is 6.69. The smallest absolute Gasteiger partial charge is 0.451 e. The molecule has 2 atom stereocenters. The first-order valence-electron chi connectivity index (χ1n) is 17.6. The number of ketones is 1. The molecule has 0 spiro atoms. The fraction of sp³-hybridized carbons (Fsp3) is 0.611. The molecule has 14 heteroatoms. The van der Waals surface area contributed by atoms with Crippen LogP contribution in [0.25, 0.3) is 0 Å². The number of rotatable bonds is 17. The lowest BCUT2D eigenvalue weighted by Crippen LogP contribution is -2.38. The Hall–Kier alpha value is -4.25. The van der Waals surface area contributed by atoms with Crippen LogP contribution in [0.15, 0.2) is 30.3 Å². The summed E-state index contributed by atoms with van der Waals surface area (Å²) in [6, 6.07) is 9.70. The van der Waals surface area contributed by atoms with Gasteiger partial charge >= 0.3 is 12.1 Å². The summed E-state index contributed by atoms with van der Waals surface area (Å²) in [5.74, 6) is -0.995. The zero-order valence-corrected chi connectivity index (χ0v) is 28.7. The topological polar surface area (TPSA) is 155 Å². The Morgan fingerprint density at radius 1 is 1.02 bits per heavy atom. The highest BCUT2D eigenvalue weighted by atomic mass is 19.4. The van der Waals surface area contributed by atoms with Crippen molar-refractivity contribution < 1.29 is 32.3 Å². The summed E-state index contributed by atoms with van der Waals surface area (Å²) < 4.78 is 46.6. The molecule has 3 N–H and O–H groups in total. The summed E-state index contributed by atoms with van der Waals surface area (Å²) in [5, 5.41) is 11.9. The average Bonchev–Trinajstić information content (AvgIpc) is 3.61. The number of carbonyl (C=O) groups is 3. The molecule has 0 radical (unpaired) electrons. The first kappa shape index (κ1) is 38.6. The number of amides is 1. The van der Waals surface area contributed by atoms with Crippen LogP contribution in [-0.4, -0.2) is 73.0 Å². The van der Waals surface area contributed by atoms with Crippen LogP contribution in [-0.2, 0) is 31.7 Å². The van der Waals surface area contributed by atoms with Crippen LogP contribution in [0.1, 0.15) is 94.0 Å². The molecule has 1 aromatic carbocycles. The molecule has 2 fully saturated rings. The maximum absolute atomic E-state index is 14.0. The molecule has 4 rings (SSSR count). The molecule has 2 aliphatic heterocycles. The van der Waals surface area contributed by atoms with Gasteiger partial charge in [0.2, 0.25) is 11.7 Å². The van der Waals surface area contributed by atoms with Crippen molar-refractivity contribution >= 4 is 29.3 Å². The van der Waals surface area contributed by atoms with Gasteiger partial charge in [-0.15, -0.1) is 0 Å². The third-order valence-corrected chi connectivity index (χ3v) is 9.57. The minimum atomic E-state index is -4.74. The molecule has 0 aliphatic carbocycles. The molecule has 2 aromatic rings. The van der Waals surface area contributed by atoms with E-state index in [4.69, 9.17) is 11.0 Å². The van der Waals surface area contributed by atoms with Crippen LogP contribution in [0.4, 0.5) is 24.8 Å². The normalized spacial score (nSPS) is 17.3. The summed E-state index contributed by atoms with van der Waals surface area (Å²) >= 11 is 0. The molecular weight excluding hydrogens is 651 g/mol. The number of Topliss-reactive ketones (excluding diaryl/α,β-unsaturated/α-hetero) is 1. The van der Waals surface area contributed by atoms with E-state index in [2.05, 4.69) is 26.1 Å². The monoisotopic (exact) mass is 699 g/mol. The predicted octanol–water partition coefficient (Wildman–Crippen LogP) is 5.10. The first-order chi connectivity index (χ1) is 24.0. The number of benzene rings is 1. The highest BCUT2D eigenvalue weighted by Gasteiger charge is 2.38. The summed E-state index contributed by atoms with van der Waals surface area (Å²) in [4.78, 5) is 48.3. The van der Waals surface area contributed by atoms with E-state index in [1.165, 1.54) is 7.11 Å². The van der Waals surface area contributed by atoms with Crippen molar-refractivity contribution in [2.24, 2.45) is 11.7 Å². The predicted molar refractivity (Wildman–Crippen MR) is 182 cm³/mol. The Bertz CT molecular complexity index is 1470. The van der Waals surface area contributed by atoms with Gasteiger partial charge in [-0.25, -0.2) is 9.97 Å². The van der Waals surface area contributed by atoms with Gasteiger partial charge in [-0.2, -0.15) is 18.4 Å². The number of piperidine rings is 1. The van der Waals surface area contributed by atoms with E-state index < -0.39 is 30.1 Å². The largest absolute Gasteiger partial charge is 0.468 e. The Morgan fingerprint density at radius 3 is 2.42 bits per heavy atom. The number of nitrogens with zero attached hydrogens (tertiary/aromatic N) is 5. The average molecular weight is 700 g/mol. The number of methoxy groups -OCH3 is 1. The second-order valence-electron chi connectivity index (χ2n) is 13.2. The van der Waals surface area contributed by atoms with Crippen molar-refractivity contribution in [3.63, 3.8) is 0 Å². The van der Waals surface area contributed by atoms with Crippen LogP contribution < -0.4 is 20.9 Å². The van der Waals surface area contributed by atoms with E-state index in [1.54, 1.807) is 23.1 Å². The van der Waals surface area contributed by atoms with Crippen molar-refractivity contribution in [3.8, 4) is 6.07 Å². The van der Waals surface area contributed by atoms with Crippen LogP contribution in [0.2, 0.25) is 0 Å². The number of aromatic nitrogens is 2. The summed E-state index contributed by atoms with van der Waals surface area (Å²) in [5.41, 5.74) is 7.31. The maximum atomic E-state index is 14.0. The van der Waals surface area contributed by atoms with Gasteiger partial charge in [0.25, 0.3) is 0 Å². The number of halogens is 3. The minimum absolute atomic E-state index is 0.0141. The molecule has 2 saturated heterocycles. The standard InChI is InChI=1S/C36H48F3N7O4/c1-50-34(49)28(41)9-2-3-19-42-33(48)12-5-8-26-17-21-45(22-18-26)31-23-32(44-35(43-31)36(37,38)39)46-20-6-10-29(46)30(47)11-4-7-25-13-15-27(24-40)16-14-25/h13-16,23,26,28-29H,2-12,17-22,41H2,1H3,(H,42,48)/t28-,29-/m0/s1. The molecule has 0 saturated carbocycles. The quantitative estimate of drug-likeness (QED) is 0.168. The molecule has 3 heterocycles. The van der Waals surface area contributed by atoms with Crippen molar-refractivity contribution in [1.29, 1.82) is 5.26 Å². The third-order valence-electron chi connectivity index (χ3n) is 9.57. The molecule has 272 valence electrons. The molecule has 50 heavy (non-hydrogen) atoms. The number of aryl methyl sites for hydroxylation is 1. The Morgan fingerprint density at radius 2 is 1.74 bits per heavy atom. The molecule has 0 bridgehead atoms. The van der Waals surface area contributed by atoms with Crippen molar-refractivity contribution in [3.05, 3.63) is 47.3 Å². The molecule has 2 aliphatic rings. The molecule has 1 aromatic heterocycles. The third kappa shape index (κ3) is 11.4. The summed E-state index contributed by atoms with van der Waals surface area (Å²) in [7, 11) is 1.30. The van der Waals surface area contributed by atoms with E-state index >= 15 is 0 Å². The van der Waals surface area contributed by atoms with Gasteiger partial charge in [0, 0.05) is 45.1 Å². The number of unbranched alkanes of at least 4 members (excludes halogenated alkanes) is 1. The lowest BCUT2D eigenvalue weighted by Gasteiger charge is -2.34.